The quantitative estimate of drug-likeness (QED) is 0.0164. The Kier molecular flexibility index (Phi) is 49.1. The molecule has 3 rings (SSSR count). The number of carboxylic acid groups (broad SMARTS) is 2. The van der Waals surface area contributed by atoms with Crippen molar-refractivity contribution >= 4 is 49.6 Å². The minimum atomic E-state index is -0.833. The van der Waals surface area contributed by atoms with Gasteiger partial charge in [-0.3, -0.25) is 34.2 Å². The third kappa shape index (κ3) is 38.4. The minimum absolute atomic E-state index is 0. The van der Waals surface area contributed by atoms with Crippen LogP contribution in [0.25, 0.3) is 0 Å². The molecule has 0 saturated heterocycles. The Morgan fingerprint density at radius 1 is 0.646 bits per heavy atom. The van der Waals surface area contributed by atoms with Crippen molar-refractivity contribution in [3.63, 3.8) is 0 Å². The molecule has 0 aliphatic heterocycles. The Morgan fingerprint density at radius 2 is 0.987 bits per heavy atom. The van der Waals surface area contributed by atoms with Gasteiger partial charge in [-0.2, -0.15) is 5.10 Å². The zero-order chi connectivity index (χ0) is 60.7. The molecule has 0 heterocycles. The maximum absolute atomic E-state index is 12.5. The van der Waals surface area contributed by atoms with Crippen LogP contribution in [0.2, 0.25) is 0 Å². The average molecular weight is 1110 g/mol. The first-order valence-corrected chi connectivity index (χ1v) is 25.8. The van der Waals surface area contributed by atoms with Crippen LogP contribution in [0, 0.1) is 61.7 Å². The van der Waals surface area contributed by atoms with Crippen molar-refractivity contribution in [1.29, 1.82) is 5.26 Å². The van der Waals surface area contributed by atoms with Gasteiger partial charge in [0.25, 0.3) is 29.7 Å². The molecule has 3 amide bonds. The van der Waals surface area contributed by atoms with Crippen LogP contribution in [0.5, 0.6) is 17.2 Å². The molecule has 17 nitrogen and oxygen atoms in total. The zero-order valence-corrected chi connectivity index (χ0v) is 53.7. The number of hydrazone groups is 1. The van der Waals surface area contributed by atoms with Gasteiger partial charge in [0.1, 0.15) is 17.2 Å². The first kappa shape index (κ1) is 84.4. The molecule has 0 bridgehead atoms. The number of carboxylic acids is 2. The molecule has 0 saturated carbocycles. The van der Waals surface area contributed by atoms with Crippen LogP contribution in [0.15, 0.2) is 59.7 Å². The number of carbonyl (C=O) groups is 6. The third-order valence-electron chi connectivity index (χ3n) is 11.5. The molecule has 0 fully saturated rings. The van der Waals surface area contributed by atoms with E-state index < -0.39 is 11.9 Å². The summed E-state index contributed by atoms with van der Waals surface area (Å²) in [7, 11) is 4.79. The number of benzene rings is 3. The standard InChI is InChI=1S/C19H31NO2.C18H28N2O2.C9H12N2O2.C9H17O.2C2H4O2.CN.B.Na/c1-7-8-10-15(19(3,4)5)13-20-18(21)16-11-9-12-17(22-6)14(16)2;1-7-8-12-16(18(3,4)5)19-20-17(21)14-10-9-11-15(22-6)13(14)2;1-6-7(9(12)11-10)4-3-5-8(6)13-2;1-5-6-7-8(10)9(2,3)4;2*1-2(3)4;1-2;;/h9,11-12,15H,7-8,10,13H2,1-6H3,(H,20,21);9-11H,7-8,12H2,1-6H3,(H,20,21);3-5H,10H2,1-2H3,(H,11,12);2,5-7H2,1,3-4H3;2*1H3,(H,3,4);;;/q;;;+1;;;-1;;+1/b;19-16+;;;;;;;. The SMILES string of the molecule is CC(=O)O.CC(=O)O.CCCC/C(=N\NC(=O)c1cccc(OC)c1C)C(C)(C)C.CCCCC(CNC(=O)c1cccc(OC)c1C)C(C)(C)C.COc1cccc(C(=O)NN)c1C.[B].[C-]#N.[CH2+]C(C)(C)C(=O)CCCC.[Na+]. The summed E-state index contributed by atoms with van der Waals surface area (Å²) in [5, 5.41) is 28.6. The molecule has 79 heavy (non-hydrogen) atoms. The van der Waals surface area contributed by atoms with Crippen LogP contribution in [0.4, 0.5) is 0 Å². The smallest absolute Gasteiger partial charge is 0.512 e. The van der Waals surface area contributed by atoms with E-state index in [2.05, 4.69) is 90.5 Å². The summed E-state index contributed by atoms with van der Waals surface area (Å²) in [4.78, 5) is 65.2. The molecule has 7 N–H and O–H groups in total. The van der Waals surface area contributed by atoms with E-state index in [0.29, 0.717) is 40.5 Å². The number of aliphatic carboxylic acids is 2. The van der Waals surface area contributed by atoms with Crippen molar-refractivity contribution in [2.75, 3.05) is 27.9 Å². The second kappa shape index (κ2) is 45.9. The van der Waals surface area contributed by atoms with E-state index in [1.165, 1.54) is 12.8 Å². The van der Waals surface area contributed by atoms with Crippen molar-refractivity contribution in [3.8, 4) is 17.2 Å². The number of rotatable bonds is 19. The predicted molar refractivity (Wildman–Crippen MR) is 315 cm³/mol. The summed E-state index contributed by atoms with van der Waals surface area (Å²) in [5.74, 6) is 5.74. The molecule has 0 aliphatic carbocycles. The summed E-state index contributed by atoms with van der Waals surface area (Å²) in [5.41, 5.74) is 9.88. The number of methoxy groups -OCH3 is 3. The molecule has 0 spiro atoms. The molecular formula is C60H96BN6NaO11+. The van der Waals surface area contributed by atoms with Gasteiger partial charge < -0.3 is 41.6 Å². The Balaban J connectivity index is -0.000000218. The number of ether oxygens (including phenoxy) is 3. The number of unbranched alkanes of at least 4 members (excludes halogenated alkanes) is 3. The van der Waals surface area contributed by atoms with E-state index in [9.17, 15) is 19.2 Å². The predicted octanol–water partition coefficient (Wildman–Crippen LogP) is 9.03. The number of nitrogens with zero attached hydrogens (tertiary/aromatic N) is 2. The van der Waals surface area contributed by atoms with Gasteiger partial charge in [-0.25, -0.2) is 11.3 Å². The summed E-state index contributed by atoms with van der Waals surface area (Å²) in [6.07, 6.45) is 9.40. The van der Waals surface area contributed by atoms with E-state index in [1.54, 1.807) is 45.6 Å². The van der Waals surface area contributed by atoms with Gasteiger partial charge >= 0.3 is 29.6 Å². The largest absolute Gasteiger partial charge is 1.00 e. The molecular weight excluding hydrogens is 1010 g/mol. The molecule has 1 atom stereocenters. The fourth-order valence-electron chi connectivity index (χ4n) is 6.72. The number of hydrogen-bond acceptors (Lipinski definition) is 12. The fourth-order valence-corrected chi connectivity index (χ4v) is 6.72. The number of Topliss-reactive ketones (excluding diaryl/α,β-unsaturated/α-hetero) is 1. The molecule has 0 aromatic heterocycles. The normalized spacial score (nSPS) is 10.6. The third-order valence-corrected chi connectivity index (χ3v) is 11.5. The number of hydrogen-bond donors (Lipinski definition) is 6. The van der Waals surface area contributed by atoms with Gasteiger partial charge in [0.05, 0.1) is 28.3 Å². The number of carbonyl (C=O) groups excluding carboxylic acids is 4. The first-order chi connectivity index (χ1) is 35.8. The van der Waals surface area contributed by atoms with E-state index in [-0.39, 0.29) is 77.7 Å². The fraction of sp³-hybridized carbons (Fsp3) is 0.550. The van der Waals surface area contributed by atoms with Crippen LogP contribution in [-0.2, 0) is 14.4 Å². The van der Waals surface area contributed by atoms with E-state index in [1.807, 2.05) is 65.0 Å². The maximum atomic E-state index is 12.5. The van der Waals surface area contributed by atoms with E-state index >= 15 is 0 Å². The Bertz CT molecular complexity index is 2270. The zero-order valence-electron chi connectivity index (χ0n) is 51.7. The summed E-state index contributed by atoms with van der Waals surface area (Å²) >= 11 is 0. The number of nitrogens with two attached hydrogens (primary N) is 1. The summed E-state index contributed by atoms with van der Waals surface area (Å²) in [6.45, 7) is 40.3. The van der Waals surface area contributed by atoms with Crippen molar-refractivity contribution in [2.24, 2.45) is 33.1 Å². The first-order valence-electron chi connectivity index (χ1n) is 25.8. The van der Waals surface area contributed by atoms with Gasteiger partial charge in [0.2, 0.25) is 0 Å². The van der Waals surface area contributed by atoms with Gasteiger partial charge in [0.15, 0.2) is 11.2 Å². The van der Waals surface area contributed by atoms with Crippen LogP contribution in [0.1, 0.15) is 196 Å². The Morgan fingerprint density at radius 3 is 1.29 bits per heavy atom. The Labute approximate surface area is 499 Å². The molecule has 0 aliphatic rings. The van der Waals surface area contributed by atoms with Gasteiger partial charge in [0, 0.05) is 79.7 Å². The number of nitrogens with one attached hydrogen (secondary N) is 3. The maximum Gasteiger partial charge on any atom is 1.00 e. The second-order valence-corrected chi connectivity index (χ2v) is 20.6. The number of nitrogen functional groups attached to an aromatic ring is 1. The van der Waals surface area contributed by atoms with Gasteiger partial charge in [-0.1, -0.05) is 106 Å². The van der Waals surface area contributed by atoms with Crippen molar-refractivity contribution < 1.29 is 82.7 Å². The summed E-state index contributed by atoms with van der Waals surface area (Å²) in [6, 6.07) is 16.3. The molecule has 1 unspecified atom stereocenters. The van der Waals surface area contributed by atoms with Crippen LogP contribution >= 0.6 is 0 Å². The number of hydrazine groups is 1. The molecule has 3 aromatic carbocycles. The number of ketones is 1. The van der Waals surface area contributed by atoms with Gasteiger partial charge in [-0.15, -0.1) is 0 Å². The van der Waals surface area contributed by atoms with Crippen LogP contribution < -0.4 is 65.8 Å². The van der Waals surface area contributed by atoms with Crippen molar-refractivity contribution in [2.45, 2.75) is 169 Å². The van der Waals surface area contributed by atoms with Crippen molar-refractivity contribution in [1.82, 2.24) is 16.2 Å². The summed E-state index contributed by atoms with van der Waals surface area (Å²) < 4.78 is 15.6. The molecule has 19 heteroatoms. The Hall–Kier alpha value is -5.87. The van der Waals surface area contributed by atoms with Gasteiger partial charge in [-0.05, 0) is 108 Å². The average Bonchev–Trinajstić information content (AvgIpc) is 3.35. The van der Waals surface area contributed by atoms with Crippen LogP contribution in [0.3, 0.4) is 0 Å². The monoisotopic (exact) mass is 1110 g/mol. The van der Waals surface area contributed by atoms with Crippen LogP contribution in [-0.4, -0.2) is 87.7 Å². The number of amides is 3. The molecule has 3 radical (unpaired) electrons. The van der Waals surface area contributed by atoms with E-state index in [0.717, 1.165) is 87.1 Å². The topological polar surface area (TPSA) is 269 Å². The second-order valence-electron chi connectivity index (χ2n) is 20.6. The molecule has 435 valence electrons. The minimum Gasteiger partial charge on any atom is -0.512 e. The molecule has 3 aromatic rings. The van der Waals surface area contributed by atoms with E-state index in [4.69, 9.17) is 51.7 Å². The van der Waals surface area contributed by atoms with Crippen molar-refractivity contribution in [3.05, 3.63) is 101 Å².